The Bertz CT molecular complexity index is 1450. The quantitative estimate of drug-likeness (QED) is 0.266. The lowest BCUT2D eigenvalue weighted by molar-refractivity contribution is 0.0602. The highest BCUT2D eigenvalue weighted by Gasteiger charge is 2.23. The van der Waals surface area contributed by atoms with Gasteiger partial charge in [0.15, 0.2) is 5.82 Å². The largest absolute Gasteiger partial charge is 0.465 e. The van der Waals surface area contributed by atoms with Crippen LogP contribution < -0.4 is 5.32 Å². The second kappa shape index (κ2) is 10.2. The van der Waals surface area contributed by atoms with E-state index in [0.29, 0.717) is 25.3 Å². The number of benzene rings is 1. The van der Waals surface area contributed by atoms with Gasteiger partial charge in [-0.15, -0.1) is 11.3 Å². The Kier molecular flexibility index (Phi) is 7.12. The van der Waals surface area contributed by atoms with Crippen molar-refractivity contribution < 1.29 is 14.3 Å². The van der Waals surface area contributed by atoms with Crippen LogP contribution in [0.5, 0.6) is 0 Å². The van der Waals surface area contributed by atoms with Crippen molar-refractivity contribution in [1.29, 1.82) is 0 Å². The number of methoxy groups -OCH3 is 1. The third-order valence-corrected chi connectivity index (χ3v) is 6.25. The predicted molar refractivity (Wildman–Crippen MR) is 135 cm³/mol. The first-order valence-corrected chi connectivity index (χ1v) is 11.8. The van der Waals surface area contributed by atoms with Gasteiger partial charge in [0.05, 0.1) is 22.6 Å². The van der Waals surface area contributed by atoms with Crippen molar-refractivity contribution in [3.8, 4) is 17.7 Å². The molecule has 10 heteroatoms. The highest BCUT2D eigenvalue weighted by molar-refractivity contribution is 9.10. The number of anilines is 1. The first-order chi connectivity index (χ1) is 16.4. The number of aryl methyl sites for hydroxylation is 1. The van der Waals surface area contributed by atoms with Gasteiger partial charge in [0, 0.05) is 17.8 Å². The van der Waals surface area contributed by atoms with Gasteiger partial charge in [-0.3, -0.25) is 4.79 Å². The minimum absolute atomic E-state index is 0.170. The molecular weight excluding hydrogens is 540 g/mol. The van der Waals surface area contributed by atoms with Gasteiger partial charge in [0.2, 0.25) is 0 Å². The van der Waals surface area contributed by atoms with Gasteiger partial charge >= 0.3 is 5.97 Å². The molecule has 1 amide bonds. The van der Waals surface area contributed by atoms with Crippen LogP contribution in [0.15, 0.2) is 59.3 Å². The SMILES string of the molecule is COC(=O)c1cc(C#Cc2ccc(C)cc2)sc1NC(=O)c1cc(Br)nn1-c1ncccc1Cl. The number of aromatic nitrogens is 3. The number of carbonyl (C=O) groups is 2. The third-order valence-electron chi connectivity index (χ3n) is 4.60. The van der Waals surface area contributed by atoms with Crippen LogP contribution in [0.2, 0.25) is 5.02 Å². The topological polar surface area (TPSA) is 86.1 Å². The van der Waals surface area contributed by atoms with Gasteiger partial charge in [-0.1, -0.05) is 41.1 Å². The molecule has 1 aromatic carbocycles. The molecule has 0 saturated carbocycles. The van der Waals surface area contributed by atoms with Crippen LogP contribution in [0.4, 0.5) is 5.00 Å². The maximum absolute atomic E-state index is 13.2. The second-order valence-electron chi connectivity index (χ2n) is 6.99. The number of carbonyl (C=O) groups excluding carboxylic acids is 2. The number of nitrogens with one attached hydrogen (secondary N) is 1. The maximum atomic E-state index is 13.2. The molecule has 0 aliphatic rings. The molecule has 0 unspecified atom stereocenters. The van der Waals surface area contributed by atoms with Gasteiger partial charge in [0.25, 0.3) is 5.91 Å². The molecule has 1 N–H and O–H groups in total. The number of amides is 1. The molecule has 3 heterocycles. The van der Waals surface area contributed by atoms with Crippen LogP contribution in [0.3, 0.4) is 0 Å². The molecule has 0 spiro atoms. The van der Waals surface area contributed by atoms with Crippen LogP contribution in [0.25, 0.3) is 5.82 Å². The molecule has 4 aromatic rings. The van der Waals surface area contributed by atoms with E-state index >= 15 is 0 Å². The molecule has 0 aliphatic carbocycles. The van der Waals surface area contributed by atoms with Gasteiger partial charge < -0.3 is 10.1 Å². The summed E-state index contributed by atoms with van der Waals surface area (Å²) in [7, 11) is 1.28. The summed E-state index contributed by atoms with van der Waals surface area (Å²) in [4.78, 5) is 30.3. The summed E-state index contributed by atoms with van der Waals surface area (Å²) in [5.74, 6) is 5.30. The fraction of sp³-hybridized carbons (Fsp3) is 0.0833. The van der Waals surface area contributed by atoms with Crippen molar-refractivity contribution in [2.24, 2.45) is 0 Å². The van der Waals surface area contributed by atoms with Crippen LogP contribution >= 0.6 is 38.9 Å². The second-order valence-corrected chi connectivity index (χ2v) is 9.26. The summed E-state index contributed by atoms with van der Waals surface area (Å²) < 4.78 is 6.63. The number of nitrogens with zero attached hydrogens (tertiary/aromatic N) is 3. The normalized spacial score (nSPS) is 10.4. The fourth-order valence-electron chi connectivity index (χ4n) is 2.95. The van der Waals surface area contributed by atoms with Crippen molar-refractivity contribution in [3.63, 3.8) is 0 Å². The van der Waals surface area contributed by atoms with Crippen molar-refractivity contribution >= 4 is 55.7 Å². The first-order valence-electron chi connectivity index (χ1n) is 9.84. The Morgan fingerprint density at radius 3 is 2.65 bits per heavy atom. The molecule has 34 heavy (non-hydrogen) atoms. The van der Waals surface area contributed by atoms with E-state index in [0.717, 1.165) is 11.1 Å². The summed E-state index contributed by atoms with van der Waals surface area (Å²) >= 11 is 10.7. The molecule has 4 rings (SSSR count). The maximum Gasteiger partial charge on any atom is 0.340 e. The van der Waals surface area contributed by atoms with Crippen LogP contribution in [0.1, 0.15) is 36.9 Å². The summed E-state index contributed by atoms with van der Waals surface area (Å²) in [6, 6.07) is 14.2. The molecule has 0 radical (unpaired) electrons. The molecule has 0 saturated heterocycles. The minimum Gasteiger partial charge on any atom is -0.465 e. The van der Waals surface area contributed by atoms with Gasteiger partial charge in [-0.05, 0) is 53.2 Å². The Balaban J connectivity index is 1.67. The zero-order valence-electron chi connectivity index (χ0n) is 17.9. The zero-order chi connectivity index (χ0) is 24.2. The average Bonchev–Trinajstić information content (AvgIpc) is 3.41. The lowest BCUT2D eigenvalue weighted by atomic mass is 10.1. The zero-order valence-corrected chi connectivity index (χ0v) is 21.1. The van der Waals surface area contributed by atoms with Gasteiger partial charge in [-0.2, -0.15) is 5.10 Å². The molecular formula is C24H16BrClN4O3S. The van der Waals surface area contributed by atoms with Crippen molar-refractivity contribution in [2.75, 3.05) is 12.4 Å². The van der Waals surface area contributed by atoms with Gasteiger partial charge in [-0.25, -0.2) is 14.5 Å². The number of halogens is 2. The monoisotopic (exact) mass is 554 g/mol. The Hall–Kier alpha value is -3.45. The summed E-state index contributed by atoms with van der Waals surface area (Å²) in [6.45, 7) is 2.00. The molecule has 0 atom stereocenters. The van der Waals surface area contributed by atoms with E-state index in [9.17, 15) is 9.59 Å². The smallest absolute Gasteiger partial charge is 0.340 e. The Morgan fingerprint density at radius 1 is 1.18 bits per heavy atom. The number of hydrogen-bond acceptors (Lipinski definition) is 6. The number of rotatable bonds is 4. The average molecular weight is 556 g/mol. The summed E-state index contributed by atoms with van der Waals surface area (Å²) in [5, 5.41) is 7.67. The molecule has 3 aromatic heterocycles. The van der Waals surface area contributed by atoms with Crippen LogP contribution in [-0.2, 0) is 4.74 Å². The lowest BCUT2D eigenvalue weighted by Crippen LogP contribution is -2.18. The molecule has 0 aliphatic heterocycles. The van der Waals surface area contributed by atoms with Crippen molar-refractivity contribution in [2.45, 2.75) is 6.92 Å². The van der Waals surface area contributed by atoms with Crippen LogP contribution in [-0.4, -0.2) is 33.8 Å². The number of ether oxygens (including phenoxy) is 1. The van der Waals surface area contributed by atoms with Crippen molar-refractivity contribution in [1.82, 2.24) is 14.8 Å². The predicted octanol–water partition coefficient (Wildman–Crippen LogP) is 5.49. The van der Waals surface area contributed by atoms with E-state index in [1.807, 2.05) is 31.2 Å². The number of hydrogen-bond donors (Lipinski definition) is 1. The van der Waals surface area contributed by atoms with E-state index in [4.69, 9.17) is 16.3 Å². The fourth-order valence-corrected chi connectivity index (χ4v) is 4.43. The van der Waals surface area contributed by atoms with Gasteiger partial charge in [0.1, 0.15) is 15.3 Å². The highest BCUT2D eigenvalue weighted by atomic mass is 79.9. The number of pyridine rings is 1. The van der Waals surface area contributed by atoms with E-state index in [1.54, 1.807) is 24.4 Å². The van der Waals surface area contributed by atoms with Crippen molar-refractivity contribution in [3.05, 3.63) is 91.6 Å². The molecule has 7 nitrogen and oxygen atoms in total. The Labute approximate surface area is 212 Å². The lowest BCUT2D eigenvalue weighted by Gasteiger charge is -2.08. The van der Waals surface area contributed by atoms with E-state index in [-0.39, 0.29) is 11.3 Å². The van der Waals surface area contributed by atoms with E-state index in [2.05, 4.69) is 43.2 Å². The summed E-state index contributed by atoms with van der Waals surface area (Å²) in [6.07, 6.45) is 1.55. The third kappa shape index (κ3) is 5.20. The highest BCUT2D eigenvalue weighted by Crippen LogP contribution is 2.30. The van der Waals surface area contributed by atoms with E-state index in [1.165, 1.54) is 29.2 Å². The first kappa shape index (κ1) is 23.7. The molecule has 170 valence electrons. The van der Waals surface area contributed by atoms with Crippen LogP contribution in [0, 0.1) is 18.8 Å². The molecule has 0 fully saturated rings. The summed E-state index contributed by atoms with van der Waals surface area (Å²) in [5.41, 5.74) is 2.35. The Morgan fingerprint density at radius 2 is 1.94 bits per heavy atom. The number of esters is 1. The minimum atomic E-state index is -0.586. The standard InChI is InChI=1S/C24H16BrClN4O3S/c1-14-5-7-15(8-6-14)9-10-16-12-17(24(32)33-2)23(34-16)28-22(31)19-13-20(25)29-30(19)21-18(26)4-3-11-27-21/h3-8,11-13H,1-2H3,(H,28,31). The molecule has 0 bridgehead atoms. The number of thiophene rings is 1. The van der Waals surface area contributed by atoms with E-state index < -0.39 is 11.9 Å².